The molecule has 0 amide bonds. The smallest absolute Gasteiger partial charge is 0.744 e. The number of benzene rings is 2. The fraction of sp³-hybridized carbons (Fsp3) is 0.583. The Morgan fingerprint density at radius 1 is 0.724 bits per heavy atom. The maximum absolute atomic E-state index is 11.7. The number of unbranched alkanes of at least 4 members (excludes halogenated alkanes) is 8. The van der Waals surface area contributed by atoms with Crippen molar-refractivity contribution in [3.8, 4) is 0 Å². The van der Waals surface area contributed by atoms with Crippen molar-refractivity contribution >= 4 is 20.9 Å². The molecule has 0 radical (unpaired) electrons. The van der Waals surface area contributed by atoms with E-state index in [1.165, 1.54) is 68.6 Å². The first-order valence-electron chi connectivity index (χ1n) is 11.0. The zero-order valence-corrected chi connectivity index (χ0v) is 21.3. The molecule has 2 aromatic carbocycles. The fourth-order valence-electron chi connectivity index (χ4n) is 4.01. The van der Waals surface area contributed by atoms with E-state index in [1.807, 2.05) is 12.1 Å². The van der Waals surface area contributed by atoms with E-state index in [0.29, 0.717) is 5.39 Å². The first-order chi connectivity index (χ1) is 13.5. The van der Waals surface area contributed by atoms with Gasteiger partial charge in [0.15, 0.2) is 0 Å². The third kappa shape index (κ3) is 8.34. The summed E-state index contributed by atoms with van der Waals surface area (Å²) in [5, 5.41) is 1.52. The van der Waals surface area contributed by atoms with Crippen LogP contribution in [0.15, 0.2) is 35.2 Å². The third-order valence-corrected chi connectivity index (χ3v) is 6.47. The minimum absolute atomic E-state index is 0. The van der Waals surface area contributed by atoms with Gasteiger partial charge in [-0.2, -0.15) is 0 Å². The van der Waals surface area contributed by atoms with Gasteiger partial charge in [0.05, 0.1) is 4.90 Å². The van der Waals surface area contributed by atoms with Crippen LogP contribution in [0.4, 0.5) is 0 Å². The Morgan fingerprint density at radius 2 is 1.31 bits per heavy atom. The van der Waals surface area contributed by atoms with Crippen molar-refractivity contribution in [3.63, 3.8) is 0 Å². The second-order valence-corrected chi connectivity index (χ2v) is 9.19. The van der Waals surface area contributed by atoms with E-state index in [4.69, 9.17) is 0 Å². The molecule has 156 valence electrons. The van der Waals surface area contributed by atoms with Gasteiger partial charge in [-0.1, -0.05) is 89.5 Å². The van der Waals surface area contributed by atoms with Gasteiger partial charge in [-0.25, -0.2) is 8.42 Å². The van der Waals surface area contributed by atoms with Crippen molar-refractivity contribution in [3.05, 3.63) is 41.5 Å². The van der Waals surface area contributed by atoms with E-state index in [2.05, 4.69) is 19.9 Å². The zero-order valence-electron chi connectivity index (χ0n) is 18.5. The van der Waals surface area contributed by atoms with Gasteiger partial charge in [0.1, 0.15) is 10.1 Å². The molecule has 0 aromatic heterocycles. The van der Waals surface area contributed by atoms with E-state index in [0.717, 1.165) is 31.1 Å². The SMILES string of the molecule is CCCCCCCc1ccc2c(S(=O)(=O)[O-])cccc2c1CCCCCCC.[Na+]. The first kappa shape index (κ1) is 26.6. The molecule has 0 saturated heterocycles. The van der Waals surface area contributed by atoms with Gasteiger partial charge in [0, 0.05) is 0 Å². The molecule has 2 aromatic rings. The van der Waals surface area contributed by atoms with Crippen LogP contribution in [0.5, 0.6) is 0 Å². The Balaban J connectivity index is 0.00000420. The second-order valence-electron chi connectivity index (χ2n) is 7.84. The predicted molar refractivity (Wildman–Crippen MR) is 117 cm³/mol. The molecular formula is C24H35NaO3S. The van der Waals surface area contributed by atoms with E-state index in [-0.39, 0.29) is 34.5 Å². The summed E-state index contributed by atoms with van der Waals surface area (Å²) in [5.74, 6) is 0. The molecule has 0 unspecified atom stereocenters. The van der Waals surface area contributed by atoms with Crippen LogP contribution in [0.25, 0.3) is 10.8 Å². The molecule has 0 spiro atoms. The normalized spacial score (nSPS) is 11.6. The largest absolute Gasteiger partial charge is 1.00 e. The number of rotatable bonds is 13. The molecule has 3 nitrogen and oxygen atoms in total. The molecule has 29 heavy (non-hydrogen) atoms. The summed E-state index contributed by atoms with van der Waals surface area (Å²) >= 11 is 0. The number of hydrogen-bond acceptors (Lipinski definition) is 3. The predicted octanol–water partition coefficient (Wildman–Crippen LogP) is 3.77. The summed E-state index contributed by atoms with van der Waals surface area (Å²) in [6.07, 6.45) is 14.2. The topological polar surface area (TPSA) is 57.2 Å². The molecule has 0 saturated carbocycles. The van der Waals surface area contributed by atoms with Crippen LogP contribution in [-0.2, 0) is 23.0 Å². The van der Waals surface area contributed by atoms with E-state index >= 15 is 0 Å². The molecule has 0 heterocycles. The minimum Gasteiger partial charge on any atom is -0.744 e. The summed E-state index contributed by atoms with van der Waals surface area (Å²) in [4.78, 5) is -0.0910. The molecule has 2 rings (SSSR count). The summed E-state index contributed by atoms with van der Waals surface area (Å²) in [5.41, 5.74) is 2.56. The average molecular weight is 427 g/mol. The summed E-state index contributed by atoms with van der Waals surface area (Å²) < 4.78 is 35.1. The maximum Gasteiger partial charge on any atom is 1.00 e. The molecular weight excluding hydrogens is 391 g/mol. The molecule has 0 aliphatic rings. The molecule has 0 bridgehead atoms. The van der Waals surface area contributed by atoms with Crippen molar-refractivity contribution in [2.45, 2.75) is 95.8 Å². The quantitative estimate of drug-likeness (QED) is 0.278. The van der Waals surface area contributed by atoms with Crippen LogP contribution >= 0.6 is 0 Å². The van der Waals surface area contributed by atoms with Crippen molar-refractivity contribution in [1.82, 2.24) is 0 Å². The number of hydrogen-bond donors (Lipinski definition) is 0. The molecule has 0 atom stereocenters. The fourth-order valence-corrected chi connectivity index (χ4v) is 4.70. The van der Waals surface area contributed by atoms with Gasteiger partial charge in [-0.05, 0) is 53.6 Å². The Hall–Kier alpha value is -0.390. The van der Waals surface area contributed by atoms with E-state index < -0.39 is 10.1 Å². The Kier molecular flexibility index (Phi) is 12.7. The first-order valence-corrected chi connectivity index (χ1v) is 12.4. The average Bonchev–Trinajstić information content (AvgIpc) is 2.67. The van der Waals surface area contributed by atoms with Gasteiger partial charge >= 0.3 is 29.6 Å². The van der Waals surface area contributed by atoms with Crippen molar-refractivity contribution in [2.24, 2.45) is 0 Å². The van der Waals surface area contributed by atoms with Gasteiger partial charge in [-0.3, -0.25) is 0 Å². The van der Waals surface area contributed by atoms with Crippen LogP contribution in [0, 0.1) is 0 Å². The van der Waals surface area contributed by atoms with Crippen molar-refractivity contribution in [1.29, 1.82) is 0 Å². The summed E-state index contributed by atoms with van der Waals surface area (Å²) in [6.45, 7) is 4.44. The third-order valence-electron chi connectivity index (χ3n) is 5.58. The molecule has 0 N–H and O–H groups in total. The Morgan fingerprint density at radius 3 is 1.90 bits per heavy atom. The standard InChI is InChI=1S/C24H36O3S.Na/c1-3-5-7-9-11-14-20-18-19-23-22(16-13-17-24(23)28(25,26)27)21(20)15-12-10-8-6-4-2;/h13,16-19H,3-12,14-15H2,1-2H3,(H,25,26,27);/q;+1/p-1. The second kappa shape index (κ2) is 13.8. The molecule has 5 heteroatoms. The number of aryl methyl sites for hydroxylation is 2. The Labute approximate surface area is 199 Å². The summed E-state index contributed by atoms with van der Waals surface area (Å²) in [7, 11) is -4.47. The van der Waals surface area contributed by atoms with Crippen LogP contribution in [0.3, 0.4) is 0 Å². The van der Waals surface area contributed by atoms with Gasteiger partial charge < -0.3 is 4.55 Å². The van der Waals surface area contributed by atoms with Crippen LogP contribution in [0.2, 0.25) is 0 Å². The van der Waals surface area contributed by atoms with Crippen LogP contribution < -0.4 is 29.6 Å². The van der Waals surface area contributed by atoms with E-state index in [1.54, 1.807) is 6.07 Å². The number of fused-ring (bicyclic) bond motifs is 1. The van der Waals surface area contributed by atoms with Gasteiger partial charge in [0.25, 0.3) is 0 Å². The zero-order chi connectivity index (χ0) is 20.4. The monoisotopic (exact) mass is 426 g/mol. The van der Waals surface area contributed by atoms with Gasteiger partial charge in [-0.15, -0.1) is 0 Å². The van der Waals surface area contributed by atoms with Crippen LogP contribution in [-0.4, -0.2) is 13.0 Å². The van der Waals surface area contributed by atoms with Crippen molar-refractivity contribution in [2.75, 3.05) is 0 Å². The molecule has 0 aliphatic heterocycles. The molecule has 0 fully saturated rings. The minimum atomic E-state index is -4.47. The molecule has 0 aliphatic carbocycles. The van der Waals surface area contributed by atoms with Crippen molar-refractivity contribution < 1.29 is 42.5 Å². The van der Waals surface area contributed by atoms with Crippen LogP contribution in [0.1, 0.15) is 89.2 Å². The maximum atomic E-state index is 11.7. The summed E-state index contributed by atoms with van der Waals surface area (Å²) in [6, 6.07) is 9.01. The Bertz CT molecular complexity index is 847. The van der Waals surface area contributed by atoms with E-state index in [9.17, 15) is 13.0 Å². The van der Waals surface area contributed by atoms with Gasteiger partial charge in [0.2, 0.25) is 0 Å².